The number of rotatable bonds is 5. The Balaban J connectivity index is 1.74. The van der Waals surface area contributed by atoms with E-state index in [4.69, 9.17) is 4.74 Å². The van der Waals surface area contributed by atoms with E-state index in [1.54, 1.807) is 0 Å². The molecule has 2 fully saturated rings. The summed E-state index contributed by atoms with van der Waals surface area (Å²) >= 11 is 0. The molecule has 18 heavy (non-hydrogen) atoms. The third-order valence-corrected chi connectivity index (χ3v) is 4.76. The maximum absolute atomic E-state index is 5.50. The number of hydrogen-bond acceptors (Lipinski definition) is 2. The van der Waals surface area contributed by atoms with Crippen LogP contribution in [0.5, 0.6) is 0 Å². The molecule has 0 bridgehead atoms. The minimum Gasteiger partial charge on any atom is -0.381 e. The Bertz CT molecular complexity index is 235. The third-order valence-electron chi connectivity index (χ3n) is 4.76. The van der Waals surface area contributed by atoms with Crippen molar-refractivity contribution in [3.05, 3.63) is 0 Å². The highest BCUT2D eigenvalue weighted by atomic mass is 16.5. The summed E-state index contributed by atoms with van der Waals surface area (Å²) in [4.78, 5) is 0. The van der Waals surface area contributed by atoms with Crippen molar-refractivity contribution < 1.29 is 4.74 Å². The van der Waals surface area contributed by atoms with E-state index in [1.807, 2.05) is 0 Å². The van der Waals surface area contributed by atoms with Crippen LogP contribution in [0.15, 0.2) is 0 Å². The molecule has 1 aliphatic carbocycles. The summed E-state index contributed by atoms with van der Waals surface area (Å²) in [5, 5.41) is 3.88. The second kappa shape index (κ2) is 6.91. The van der Waals surface area contributed by atoms with Crippen LogP contribution in [0.25, 0.3) is 0 Å². The number of nitrogens with one attached hydrogen (secondary N) is 1. The average Bonchev–Trinajstić information content (AvgIpc) is 2.81. The highest BCUT2D eigenvalue weighted by Gasteiger charge is 2.27. The van der Waals surface area contributed by atoms with Crippen LogP contribution in [0.4, 0.5) is 0 Å². The van der Waals surface area contributed by atoms with Crippen molar-refractivity contribution in [2.75, 3.05) is 13.2 Å². The van der Waals surface area contributed by atoms with Gasteiger partial charge in [-0.1, -0.05) is 26.7 Å². The van der Waals surface area contributed by atoms with Crippen LogP contribution in [-0.2, 0) is 4.74 Å². The Hall–Kier alpha value is -0.0800. The lowest BCUT2D eigenvalue weighted by Crippen LogP contribution is -2.43. The first-order valence-electron chi connectivity index (χ1n) is 7.99. The van der Waals surface area contributed by atoms with Crippen LogP contribution >= 0.6 is 0 Å². The van der Waals surface area contributed by atoms with Gasteiger partial charge in [0.2, 0.25) is 0 Å². The van der Waals surface area contributed by atoms with Crippen LogP contribution in [0.3, 0.4) is 0 Å². The zero-order valence-corrected chi connectivity index (χ0v) is 12.5. The predicted molar refractivity (Wildman–Crippen MR) is 76.7 cm³/mol. The molecule has 2 aliphatic rings. The maximum Gasteiger partial charge on any atom is 0.0509 e. The van der Waals surface area contributed by atoms with Crippen LogP contribution in [0, 0.1) is 17.8 Å². The van der Waals surface area contributed by atoms with E-state index in [-0.39, 0.29) is 0 Å². The van der Waals surface area contributed by atoms with Gasteiger partial charge in [-0.05, 0) is 50.4 Å². The van der Waals surface area contributed by atoms with E-state index >= 15 is 0 Å². The normalized spacial score (nSPS) is 35.0. The van der Waals surface area contributed by atoms with Gasteiger partial charge in [0.1, 0.15) is 0 Å². The fourth-order valence-corrected chi connectivity index (χ4v) is 3.78. The summed E-state index contributed by atoms with van der Waals surface area (Å²) in [5.74, 6) is 2.56. The van der Waals surface area contributed by atoms with E-state index in [0.29, 0.717) is 6.04 Å². The minimum atomic E-state index is 0.635. The second-order valence-electron chi connectivity index (χ2n) is 6.94. The molecule has 2 nitrogen and oxygen atoms in total. The Morgan fingerprint density at radius 3 is 2.67 bits per heavy atom. The van der Waals surface area contributed by atoms with Crippen molar-refractivity contribution in [3.63, 3.8) is 0 Å². The fraction of sp³-hybridized carbons (Fsp3) is 1.00. The van der Waals surface area contributed by atoms with E-state index in [2.05, 4.69) is 26.1 Å². The first-order valence-corrected chi connectivity index (χ1v) is 7.99. The Morgan fingerprint density at radius 2 is 2.00 bits per heavy atom. The van der Waals surface area contributed by atoms with E-state index < -0.39 is 0 Å². The average molecular weight is 253 g/mol. The lowest BCUT2D eigenvalue weighted by atomic mass is 9.80. The van der Waals surface area contributed by atoms with Gasteiger partial charge in [0.15, 0.2) is 0 Å². The lowest BCUT2D eigenvalue weighted by Gasteiger charge is -2.34. The zero-order valence-electron chi connectivity index (χ0n) is 12.5. The molecule has 1 saturated carbocycles. The molecular weight excluding hydrogens is 222 g/mol. The number of ether oxygens (including phenoxy) is 1. The monoisotopic (exact) mass is 253 g/mol. The Morgan fingerprint density at radius 1 is 1.17 bits per heavy atom. The van der Waals surface area contributed by atoms with Crippen LogP contribution < -0.4 is 5.32 Å². The van der Waals surface area contributed by atoms with Crippen molar-refractivity contribution in [3.8, 4) is 0 Å². The Labute approximate surface area is 113 Å². The SMILES string of the molecule is CC(C)CC1CCCC(NC(C)C2CCOC2)C1. The van der Waals surface area contributed by atoms with E-state index in [9.17, 15) is 0 Å². The topological polar surface area (TPSA) is 21.3 Å². The molecule has 1 heterocycles. The fourth-order valence-electron chi connectivity index (χ4n) is 3.78. The van der Waals surface area contributed by atoms with Gasteiger partial charge in [0.05, 0.1) is 6.61 Å². The zero-order chi connectivity index (χ0) is 13.0. The van der Waals surface area contributed by atoms with Crippen LogP contribution in [0.1, 0.15) is 59.3 Å². The number of hydrogen-bond donors (Lipinski definition) is 1. The molecule has 2 heteroatoms. The lowest BCUT2D eigenvalue weighted by molar-refractivity contribution is 0.170. The van der Waals surface area contributed by atoms with Crippen LogP contribution in [-0.4, -0.2) is 25.3 Å². The van der Waals surface area contributed by atoms with Crippen LogP contribution in [0.2, 0.25) is 0 Å². The van der Waals surface area contributed by atoms with E-state index in [1.165, 1.54) is 38.5 Å². The first kappa shape index (κ1) is 14.3. The summed E-state index contributed by atoms with van der Waals surface area (Å²) in [5.41, 5.74) is 0. The first-order chi connectivity index (χ1) is 8.65. The van der Waals surface area contributed by atoms with Gasteiger partial charge in [0.25, 0.3) is 0 Å². The standard InChI is InChI=1S/C16H31NO/c1-12(2)9-14-5-4-6-16(10-14)17-13(3)15-7-8-18-11-15/h12-17H,4-11H2,1-3H3. The second-order valence-corrected chi connectivity index (χ2v) is 6.94. The summed E-state index contributed by atoms with van der Waals surface area (Å²) in [7, 11) is 0. The highest BCUT2D eigenvalue weighted by molar-refractivity contribution is 4.84. The van der Waals surface area contributed by atoms with Crippen molar-refractivity contribution in [1.82, 2.24) is 5.32 Å². The van der Waals surface area contributed by atoms with Crippen molar-refractivity contribution in [1.29, 1.82) is 0 Å². The molecule has 0 amide bonds. The largest absolute Gasteiger partial charge is 0.381 e. The molecule has 0 aromatic carbocycles. The van der Waals surface area contributed by atoms with Gasteiger partial charge in [-0.15, -0.1) is 0 Å². The molecule has 1 aliphatic heterocycles. The van der Waals surface area contributed by atoms with Gasteiger partial charge in [0, 0.05) is 18.7 Å². The Kier molecular flexibility index (Phi) is 5.50. The molecule has 4 atom stereocenters. The van der Waals surface area contributed by atoms with Crippen molar-refractivity contribution in [2.24, 2.45) is 17.8 Å². The molecule has 1 saturated heterocycles. The van der Waals surface area contributed by atoms with Gasteiger partial charge in [-0.3, -0.25) is 0 Å². The highest BCUT2D eigenvalue weighted by Crippen LogP contribution is 2.30. The smallest absolute Gasteiger partial charge is 0.0509 e. The molecular formula is C16H31NO. The molecule has 0 radical (unpaired) electrons. The molecule has 106 valence electrons. The van der Waals surface area contributed by atoms with Gasteiger partial charge < -0.3 is 10.1 Å². The summed E-state index contributed by atoms with van der Waals surface area (Å²) in [6.45, 7) is 9.00. The molecule has 2 rings (SSSR count). The predicted octanol–water partition coefficient (Wildman–Crippen LogP) is 3.61. The molecule has 4 unspecified atom stereocenters. The summed E-state index contributed by atoms with van der Waals surface area (Å²) in [6, 6.07) is 1.40. The van der Waals surface area contributed by atoms with Crippen molar-refractivity contribution in [2.45, 2.75) is 71.4 Å². The molecule has 0 spiro atoms. The van der Waals surface area contributed by atoms with Crippen molar-refractivity contribution >= 4 is 0 Å². The minimum absolute atomic E-state index is 0.635. The summed E-state index contributed by atoms with van der Waals surface area (Å²) < 4.78 is 5.50. The van der Waals surface area contributed by atoms with Gasteiger partial charge in [-0.2, -0.15) is 0 Å². The molecule has 0 aromatic rings. The quantitative estimate of drug-likeness (QED) is 0.808. The van der Waals surface area contributed by atoms with Gasteiger partial charge >= 0.3 is 0 Å². The summed E-state index contributed by atoms with van der Waals surface area (Å²) in [6.07, 6.45) is 8.32. The van der Waals surface area contributed by atoms with E-state index in [0.717, 1.165) is 37.0 Å². The maximum atomic E-state index is 5.50. The van der Waals surface area contributed by atoms with Gasteiger partial charge in [-0.25, -0.2) is 0 Å². The molecule has 1 N–H and O–H groups in total. The third kappa shape index (κ3) is 4.24. The molecule has 0 aromatic heterocycles.